The van der Waals surface area contributed by atoms with Gasteiger partial charge in [-0.05, 0) is 24.3 Å². The first-order valence-electron chi connectivity index (χ1n) is 10.6. The number of oxazole rings is 1. The number of fused-ring (bicyclic) bond motifs is 2. The second kappa shape index (κ2) is 7.37. The molecule has 2 aliphatic heterocycles. The average Bonchev–Trinajstić information content (AvgIpc) is 3.60. The van der Waals surface area contributed by atoms with E-state index in [-0.39, 0.29) is 5.91 Å². The molecule has 4 aromatic rings. The summed E-state index contributed by atoms with van der Waals surface area (Å²) >= 11 is 0. The van der Waals surface area contributed by atoms with Gasteiger partial charge in [-0.3, -0.25) is 4.79 Å². The minimum atomic E-state index is 0.0189. The number of aromatic nitrogens is 4. The van der Waals surface area contributed by atoms with Gasteiger partial charge in [0.15, 0.2) is 11.1 Å². The van der Waals surface area contributed by atoms with Crippen LogP contribution in [-0.2, 0) is 0 Å². The van der Waals surface area contributed by atoms with E-state index in [2.05, 4.69) is 20.1 Å². The lowest BCUT2D eigenvalue weighted by molar-refractivity contribution is 0.0782. The van der Waals surface area contributed by atoms with E-state index >= 15 is 0 Å². The van der Waals surface area contributed by atoms with Gasteiger partial charge in [-0.15, -0.1) is 0 Å². The summed E-state index contributed by atoms with van der Waals surface area (Å²) in [5.74, 6) is 1.49. The van der Waals surface area contributed by atoms with Gasteiger partial charge in [-0.1, -0.05) is 18.2 Å². The number of anilines is 1. The van der Waals surface area contributed by atoms with Gasteiger partial charge in [-0.25, -0.2) is 0 Å². The Balaban J connectivity index is 1.19. The van der Waals surface area contributed by atoms with Gasteiger partial charge in [0, 0.05) is 38.0 Å². The summed E-state index contributed by atoms with van der Waals surface area (Å²) < 4.78 is 11.4. The Hall–Kier alpha value is -3.88. The van der Waals surface area contributed by atoms with Crippen LogP contribution in [0.4, 0.5) is 6.01 Å². The minimum Gasteiger partial charge on any atom is -0.494 e. The second-order valence-electron chi connectivity index (χ2n) is 8.27. The maximum Gasteiger partial charge on any atom is 0.298 e. The number of para-hydroxylation sites is 2. The lowest BCUT2D eigenvalue weighted by atomic mass is 10.0. The first-order valence-corrected chi connectivity index (χ1v) is 10.6. The third-order valence-electron chi connectivity index (χ3n) is 6.40. The number of amides is 1. The predicted molar refractivity (Wildman–Crippen MR) is 117 cm³/mol. The number of hydrogen-bond donors (Lipinski definition) is 0. The number of benzene rings is 2. The molecule has 2 aliphatic rings. The highest BCUT2D eigenvalue weighted by molar-refractivity contribution is 5.98. The van der Waals surface area contributed by atoms with Gasteiger partial charge in [0.1, 0.15) is 5.75 Å². The van der Waals surface area contributed by atoms with Crippen molar-refractivity contribution in [3.63, 3.8) is 0 Å². The van der Waals surface area contributed by atoms with Crippen LogP contribution in [0, 0.1) is 11.8 Å². The van der Waals surface area contributed by atoms with Crippen LogP contribution in [0.25, 0.3) is 16.8 Å². The van der Waals surface area contributed by atoms with E-state index in [0.717, 1.165) is 24.2 Å². The van der Waals surface area contributed by atoms with Crippen molar-refractivity contribution in [3.8, 4) is 11.4 Å². The van der Waals surface area contributed by atoms with Crippen molar-refractivity contribution in [1.82, 2.24) is 24.9 Å². The van der Waals surface area contributed by atoms with Gasteiger partial charge < -0.3 is 19.0 Å². The van der Waals surface area contributed by atoms with Crippen LogP contribution in [0.1, 0.15) is 10.4 Å². The fraction of sp³-hybridized carbons (Fsp3) is 0.304. The zero-order valence-corrected chi connectivity index (χ0v) is 17.6. The summed E-state index contributed by atoms with van der Waals surface area (Å²) in [6, 6.07) is 13.8. The smallest absolute Gasteiger partial charge is 0.298 e. The molecule has 32 heavy (non-hydrogen) atoms. The largest absolute Gasteiger partial charge is 0.494 e. The average molecular weight is 430 g/mol. The van der Waals surface area contributed by atoms with Crippen molar-refractivity contribution < 1.29 is 13.9 Å². The number of hydrogen-bond acceptors (Lipinski definition) is 7. The Morgan fingerprint density at radius 2 is 1.75 bits per heavy atom. The number of rotatable bonds is 4. The Kier molecular flexibility index (Phi) is 4.34. The molecule has 6 rings (SSSR count). The van der Waals surface area contributed by atoms with E-state index in [1.54, 1.807) is 19.5 Å². The molecule has 2 unspecified atom stereocenters. The normalized spacial score (nSPS) is 20.2. The molecule has 0 radical (unpaired) electrons. The molecule has 2 fully saturated rings. The quantitative estimate of drug-likeness (QED) is 0.492. The first-order chi connectivity index (χ1) is 15.7. The fourth-order valence-corrected chi connectivity index (χ4v) is 4.87. The van der Waals surface area contributed by atoms with Gasteiger partial charge >= 0.3 is 0 Å². The third-order valence-corrected chi connectivity index (χ3v) is 6.40. The number of carbonyl (C=O) groups excluding carboxylic acids is 1. The molecule has 0 saturated carbocycles. The molecule has 9 nitrogen and oxygen atoms in total. The maximum absolute atomic E-state index is 13.3. The van der Waals surface area contributed by atoms with Crippen LogP contribution in [0.2, 0.25) is 0 Å². The highest BCUT2D eigenvalue weighted by Gasteiger charge is 2.43. The molecule has 2 aromatic heterocycles. The van der Waals surface area contributed by atoms with Crippen LogP contribution in [0.5, 0.6) is 5.75 Å². The predicted octanol–water partition coefficient (Wildman–Crippen LogP) is 2.63. The van der Waals surface area contributed by atoms with Crippen LogP contribution in [0.15, 0.2) is 59.3 Å². The third kappa shape index (κ3) is 3.00. The van der Waals surface area contributed by atoms with Crippen molar-refractivity contribution >= 4 is 23.0 Å². The monoisotopic (exact) mass is 430 g/mol. The summed E-state index contributed by atoms with van der Waals surface area (Å²) in [5, 5.41) is 8.38. The Bertz CT molecular complexity index is 1270. The van der Waals surface area contributed by atoms with Gasteiger partial charge in [0.25, 0.3) is 11.9 Å². The summed E-state index contributed by atoms with van der Waals surface area (Å²) in [4.78, 5) is 23.6. The summed E-state index contributed by atoms with van der Waals surface area (Å²) in [7, 11) is 1.63. The summed E-state index contributed by atoms with van der Waals surface area (Å²) in [5.41, 5.74) is 2.77. The molecule has 0 aliphatic carbocycles. The summed E-state index contributed by atoms with van der Waals surface area (Å²) in [6.45, 7) is 3.05. The lowest BCUT2D eigenvalue weighted by Crippen LogP contribution is -2.34. The number of nitrogens with zero attached hydrogens (tertiary/aromatic N) is 6. The highest BCUT2D eigenvalue weighted by atomic mass is 16.5. The van der Waals surface area contributed by atoms with Crippen LogP contribution in [0.3, 0.4) is 0 Å². The molecule has 4 heterocycles. The van der Waals surface area contributed by atoms with Gasteiger partial charge in [0.05, 0.1) is 30.8 Å². The standard InChI is InChI=1S/C23H22N6O3/c1-31-19-7-4-8-20-21(19)26-23(32-20)28-13-15-11-27(12-16(15)14-28)22(30)17-5-2-3-6-18(17)29-24-9-10-25-29/h2-10,15-16H,11-14H2,1H3. The number of methoxy groups -OCH3 is 1. The van der Waals surface area contributed by atoms with E-state index in [1.165, 1.54) is 4.80 Å². The van der Waals surface area contributed by atoms with Crippen molar-refractivity contribution in [3.05, 3.63) is 60.4 Å². The number of carbonyl (C=O) groups is 1. The van der Waals surface area contributed by atoms with E-state index in [9.17, 15) is 4.79 Å². The van der Waals surface area contributed by atoms with E-state index < -0.39 is 0 Å². The molecular formula is C23H22N6O3. The number of likely N-dealkylation sites (tertiary alicyclic amines) is 1. The lowest BCUT2D eigenvalue weighted by Gasteiger charge is -2.21. The zero-order chi connectivity index (χ0) is 21.7. The first kappa shape index (κ1) is 18.9. The molecule has 0 bridgehead atoms. The van der Waals surface area contributed by atoms with E-state index in [0.29, 0.717) is 47.9 Å². The number of ether oxygens (including phenoxy) is 1. The Morgan fingerprint density at radius 3 is 2.50 bits per heavy atom. The second-order valence-corrected chi connectivity index (χ2v) is 8.27. The van der Waals surface area contributed by atoms with Crippen molar-refractivity contribution in [1.29, 1.82) is 0 Å². The van der Waals surface area contributed by atoms with Crippen LogP contribution >= 0.6 is 0 Å². The molecule has 9 heteroatoms. The highest BCUT2D eigenvalue weighted by Crippen LogP contribution is 2.37. The molecule has 0 spiro atoms. The van der Waals surface area contributed by atoms with Crippen LogP contribution < -0.4 is 9.64 Å². The Morgan fingerprint density at radius 1 is 1.00 bits per heavy atom. The zero-order valence-electron chi connectivity index (χ0n) is 17.6. The topological polar surface area (TPSA) is 89.5 Å². The SMILES string of the molecule is COc1cccc2oc(N3CC4CN(C(=O)c5ccccc5-n5nccn5)CC4C3)nc12. The summed E-state index contributed by atoms with van der Waals surface area (Å²) in [6.07, 6.45) is 3.22. The van der Waals surface area contributed by atoms with Gasteiger partial charge in [-0.2, -0.15) is 20.0 Å². The fourth-order valence-electron chi connectivity index (χ4n) is 4.87. The molecule has 162 valence electrons. The molecular weight excluding hydrogens is 408 g/mol. The van der Waals surface area contributed by atoms with Gasteiger partial charge in [0.2, 0.25) is 0 Å². The van der Waals surface area contributed by atoms with Crippen LogP contribution in [-0.4, -0.2) is 64.1 Å². The molecule has 2 atom stereocenters. The molecule has 0 N–H and O–H groups in total. The minimum absolute atomic E-state index is 0.0189. The molecule has 2 aromatic carbocycles. The van der Waals surface area contributed by atoms with Crippen molar-refractivity contribution in [2.45, 2.75) is 0 Å². The Labute approximate surface area is 184 Å². The molecule has 2 saturated heterocycles. The van der Waals surface area contributed by atoms with E-state index in [1.807, 2.05) is 47.4 Å². The van der Waals surface area contributed by atoms with Crippen molar-refractivity contribution in [2.75, 3.05) is 38.2 Å². The molecule has 1 amide bonds. The maximum atomic E-state index is 13.3. The van der Waals surface area contributed by atoms with E-state index in [4.69, 9.17) is 9.15 Å². The van der Waals surface area contributed by atoms with Crippen molar-refractivity contribution in [2.24, 2.45) is 11.8 Å².